The van der Waals surface area contributed by atoms with E-state index >= 15 is 0 Å². The van der Waals surface area contributed by atoms with Crippen molar-refractivity contribution in [1.82, 2.24) is 0 Å². The van der Waals surface area contributed by atoms with Crippen LogP contribution in [0.3, 0.4) is 0 Å². The maximum Gasteiger partial charge on any atom is 0.204 e. The fourth-order valence-electron chi connectivity index (χ4n) is 4.43. The molecule has 0 saturated heterocycles. The molecule has 132 valence electrons. The van der Waals surface area contributed by atoms with Gasteiger partial charge in [0.15, 0.2) is 0 Å². The maximum absolute atomic E-state index is 13.3. The summed E-state index contributed by atoms with van der Waals surface area (Å²) in [4.78, 5) is 13.3. The second kappa shape index (κ2) is 6.48. The van der Waals surface area contributed by atoms with Crippen molar-refractivity contribution in [2.45, 2.75) is 12.3 Å². The summed E-state index contributed by atoms with van der Waals surface area (Å²) in [6.07, 6.45) is 5.33. The number of carbonyl (C=O) groups excluding carboxylic acids is 1. The van der Waals surface area contributed by atoms with Gasteiger partial charge in [-0.3, -0.25) is 4.79 Å². The minimum atomic E-state index is -0.227. The molecule has 0 N–H and O–H groups in total. The van der Waals surface area contributed by atoms with Crippen molar-refractivity contribution >= 4 is 11.4 Å². The summed E-state index contributed by atoms with van der Waals surface area (Å²) in [5, 5.41) is 10.0. The van der Waals surface area contributed by atoms with Gasteiger partial charge in [0, 0.05) is 17.1 Å². The summed E-state index contributed by atoms with van der Waals surface area (Å²) in [5.74, 6) is -0.0537. The quantitative estimate of drug-likeness (QED) is 0.264. The van der Waals surface area contributed by atoms with Crippen molar-refractivity contribution in [2.75, 3.05) is 0 Å². The largest absolute Gasteiger partial charge is 0.288 e. The number of carbonyl (C=O) groups is 1. The number of rotatable bonds is 2. The van der Waals surface area contributed by atoms with E-state index in [0.29, 0.717) is 5.56 Å². The van der Waals surface area contributed by atoms with Crippen LogP contribution in [-0.4, -0.2) is 5.78 Å². The Morgan fingerprint density at radius 1 is 0.893 bits per heavy atom. The van der Waals surface area contributed by atoms with E-state index in [1.807, 2.05) is 48.5 Å². The van der Waals surface area contributed by atoms with Crippen LogP contribution in [-0.2, 0) is 6.42 Å². The molecule has 0 fully saturated rings. The van der Waals surface area contributed by atoms with E-state index in [1.165, 1.54) is 11.1 Å². The first-order chi connectivity index (χ1) is 13.8. The summed E-state index contributed by atoms with van der Waals surface area (Å²) in [6, 6.07) is 25.6. The Kier molecular flexibility index (Phi) is 3.81. The zero-order valence-electron chi connectivity index (χ0n) is 15.2. The minimum Gasteiger partial charge on any atom is -0.288 e. The smallest absolute Gasteiger partial charge is 0.204 e. The zero-order chi connectivity index (χ0) is 19.1. The Bertz CT molecular complexity index is 1210. The molecule has 3 aromatic carbocycles. The molecule has 0 radical (unpaired) electrons. The third-order valence-corrected chi connectivity index (χ3v) is 5.63. The Hall–Kier alpha value is -3.70. The highest BCUT2D eigenvalue weighted by Gasteiger charge is 2.33. The number of Topliss-reactive ketones (excluding diaryl/α,β-unsaturated/α-hetero) is 1. The lowest BCUT2D eigenvalue weighted by Gasteiger charge is -2.33. The standard InChI is InChI=1S/C26H17NO/c27-16-23(26(28)18-8-2-1-3-9-18)25-21-13-5-4-12-19(21)20-14-6-10-17-11-7-15-22(25)24(17)20/h1-9,11-15,20H,10H2. The maximum atomic E-state index is 13.3. The highest BCUT2D eigenvalue weighted by atomic mass is 16.1. The molecule has 1 unspecified atom stereocenters. The van der Waals surface area contributed by atoms with Crippen LogP contribution in [0.5, 0.6) is 0 Å². The molecule has 2 heteroatoms. The van der Waals surface area contributed by atoms with Gasteiger partial charge in [0.2, 0.25) is 5.78 Å². The minimum absolute atomic E-state index is 0.173. The number of allylic oxidation sites excluding steroid dienone is 3. The van der Waals surface area contributed by atoms with Crippen LogP contribution in [0.4, 0.5) is 0 Å². The van der Waals surface area contributed by atoms with Crippen molar-refractivity contribution in [3.63, 3.8) is 0 Å². The first-order valence-corrected chi connectivity index (χ1v) is 9.42. The highest BCUT2D eigenvalue weighted by Crippen LogP contribution is 2.47. The molecule has 0 aromatic heterocycles. The molecule has 1 atom stereocenters. The molecule has 28 heavy (non-hydrogen) atoms. The first kappa shape index (κ1) is 16.5. The van der Waals surface area contributed by atoms with Crippen LogP contribution in [0.2, 0.25) is 0 Å². The van der Waals surface area contributed by atoms with Gasteiger partial charge in [0.1, 0.15) is 11.6 Å². The van der Waals surface area contributed by atoms with Crippen LogP contribution in [0.1, 0.15) is 44.1 Å². The predicted molar refractivity (Wildman–Crippen MR) is 110 cm³/mol. The van der Waals surface area contributed by atoms with Gasteiger partial charge in [0.05, 0.1) is 0 Å². The normalized spacial score (nSPS) is 17.9. The molecule has 5 rings (SSSR count). The molecule has 2 nitrogen and oxygen atoms in total. The van der Waals surface area contributed by atoms with Crippen LogP contribution < -0.4 is 0 Å². The second-order valence-corrected chi connectivity index (χ2v) is 7.13. The molecule has 2 aliphatic carbocycles. The number of hydrogen-bond acceptors (Lipinski definition) is 2. The topological polar surface area (TPSA) is 40.9 Å². The molecule has 0 aliphatic heterocycles. The average Bonchev–Trinajstić information content (AvgIpc) is 2.77. The van der Waals surface area contributed by atoms with Gasteiger partial charge in [-0.2, -0.15) is 5.26 Å². The number of hydrogen-bond donors (Lipinski definition) is 0. The Balaban J connectivity index is 1.85. The SMILES string of the molecule is N#CC(C(=O)c1ccccc1)=C1c2ccccc2C2C=CCc3cccc1c32. The van der Waals surface area contributed by atoms with Crippen molar-refractivity contribution in [3.05, 3.63) is 124 Å². The lowest BCUT2D eigenvalue weighted by Crippen LogP contribution is -2.18. The monoisotopic (exact) mass is 359 g/mol. The predicted octanol–water partition coefficient (Wildman–Crippen LogP) is 5.45. The van der Waals surface area contributed by atoms with Gasteiger partial charge in [-0.1, -0.05) is 84.9 Å². The summed E-state index contributed by atoms with van der Waals surface area (Å²) in [7, 11) is 0. The van der Waals surface area contributed by atoms with Gasteiger partial charge in [-0.25, -0.2) is 0 Å². The number of nitrogens with zero attached hydrogens (tertiary/aromatic N) is 1. The molecule has 0 bridgehead atoms. The van der Waals surface area contributed by atoms with E-state index in [4.69, 9.17) is 0 Å². The highest BCUT2D eigenvalue weighted by molar-refractivity contribution is 6.18. The fraction of sp³-hybridized carbons (Fsp3) is 0.0769. The summed E-state index contributed by atoms with van der Waals surface area (Å²) in [6.45, 7) is 0. The number of benzene rings is 3. The lowest BCUT2D eigenvalue weighted by molar-refractivity contribution is 0.103. The van der Waals surface area contributed by atoms with Gasteiger partial charge >= 0.3 is 0 Å². The van der Waals surface area contributed by atoms with E-state index in [0.717, 1.165) is 28.7 Å². The van der Waals surface area contributed by atoms with Crippen LogP contribution >= 0.6 is 0 Å². The Morgan fingerprint density at radius 3 is 2.46 bits per heavy atom. The molecule has 2 aliphatic rings. The molecule has 3 aromatic rings. The Labute approximate surface area is 164 Å². The van der Waals surface area contributed by atoms with E-state index in [2.05, 4.69) is 30.4 Å². The zero-order valence-corrected chi connectivity index (χ0v) is 15.2. The van der Waals surface area contributed by atoms with Crippen molar-refractivity contribution < 1.29 is 4.79 Å². The summed E-state index contributed by atoms with van der Waals surface area (Å²) in [5.41, 5.74) is 7.14. The molecule has 0 amide bonds. The lowest BCUT2D eigenvalue weighted by atomic mass is 9.70. The van der Waals surface area contributed by atoms with Gasteiger partial charge in [0.25, 0.3) is 0 Å². The third-order valence-electron chi connectivity index (χ3n) is 5.63. The van der Waals surface area contributed by atoms with Crippen LogP contribution in [0.25, 0.3) is 5.57 Å². The average molecular weight is 359 g/mol. The van der Waals surface area contributed by atoms with Crippen molar-refractivity contribution in [3.8, 4) is 6.07 Å². The molecular weight excluding hydrogens is 342 g/mol. The molecule has 0 spiro atoms. The van der Waals surface area contributed by atoms with Crippen molar-refractivity contribution in [2.24, 2.45) is 0 Å². The molecule has 0 saturated carbocycles. The van der Waals surface area contributed by atoms with Crippen LogP contribution in [0.15, 0.2) is 90.5 Å². The Morgan fingerprint density at radius 2 is 1.64 bits per heavy atom. The van der Waals surface area contributed by atoms with Gasteiger partial charge in [-0.05, 0) is 34.2 Å². The molecule has 0 heterocycles. The number of nitriles is 1. The van der Waals surface area contributed by atoms with Gasteiger partial charge < -0.3 is 0 Å². The van der Waals surface area contributed by atoms with E-state index in [1.54, 1.807) is 12.1 Å². The van der Waals surface area contributed by atoms with Gasteiger partial charge in [-0.15, -0.1) is 0 Å². The first-order valence-electron chi connectivity index (χ1n) is 9.42. The number of fused-ring (bicyclic) bond motifs is 2. The summed E-state index contributed by atoms with van der Waals surface area (Å²) >= 11 is 0. The van der Waals surface area contributed by atoms with E-state index in [9.17, 15) is 10.1 Å². The summed E-state index contributed by atoms with van der Waals surface area (Å²) < 4.78 is 0. The molecular formula is C26H17NO. The third kappa shape index (κ3) is 2.37. The number of ketones is 1. The van der Waals surface area contributed by atoms with Crippen molar-refractivity contribution in [1.29, 1.82) is 5.26 Å². The second-order valence-electron chi connectivity index (χ2n) is 7.13. The van der Waals surface area contributed by atoms with E-state index < -0.39 is 0 Å². The van der Waals surface area contributed by atoms with Crippen LogP contribution in [0, 0.1) is 11.3 Å². The van der Waals surface area contributed by atoms with E-state index in [-0.39, 0.29) is 17.3 Å². The fourth-order valence-corrected chi connectivity index (χ4v) is 4.43.